The highest BCUT2D eigenvalue weighted by Crippen LogP contribution is 2.32. The average Bonchev–Trinajstić information content (AvgIpc) is 3.43. The van der Waals surface area contributed by atoms with E-state index in [1.165, 1.54) is 39.1 Å². The highest BCUT2D eigenvalue weighted by molar-refractivity contribution is 5.79. The second-order valence-electron chi connectivity index (χ2n) is 7.90. The number of nitriles is 1. The van der Waals surface area contributed by atoms with Crippen LogP contribution in [0.1, 0.15) is 23.6 Å². The van der Waals surface area contributed by atoms with E-state index in [4.69, 9.17) is 4.74 Å². The molecule has 3 aromatic heterocycles. The van der Waals surface area contributed by atoms with Gasteiger partial charge >= 0.3 is 6.03 Å². The second-order valence-corrected chi connectivity index (χ2v) is 7.90. The van der Waals surface area contributed by atoms with Crippen LogP contribution in [-0.4, -0.2) is 61.1 Å². The summed E-state index contributed by atoms with van der Waals surface area (Å²) in [6.07, 6.45) is 6.66. The molecule has 2 amide bonds. The first kappa shape index (κ1) is 21.4. The molecule has 10 nitrogen and oxygen atoms in total. The van der Waals surface area contributed by atoms with Crippen molar-refractivity contribution in [3.8, 4) is 23.2 Å². The number of hydrogen-bond acceptors (Lipinski definition) is 7. The molecular weight excluding hydrogens is 446 g/mol. The molecule has 0 aliphatic carbocycles. The number of likely N-dealkylation sites (tertiary alicyclic amines) is 1. The maximum Gasteiger partial charge on any atom is 0.341 e. The van der Waals surface area contributed by atoms with Crippen molar-refractivity contribution >= 4 is 12.2 Å². The summed E-state index contributed by atoms with van der Waals surface area (Å²) < 4.78 is 35.2. The van der Waals surface area contributed by atoms with E-state index < -0.39 is 23.8 Å². The average molecular weight is 464 g/mol. The lowest BCUT2D eigenvalue weighted by Gasteiger charge is -2.41. The Balaban J connectivity index is 1.25. The van der Waals surface area contributed by atoms with Gasteiger partial charge in [-0.2, -0.15) is 15.5 Å². The third-order valence-corrected chi connectivity index (χ3v) is 5.67. The molecule has 0 saturated carbocycles. The van der Waals surface area contributed by atoms with Gasteiger partial charge in [-0.05, 0) is 11.6 Å². The third-order valence-electron chi connectivity index (χ3n) is 5.67. The normalized spacial score (nSPS) is 17.5. The number of urea groups is 1. The Kier molecular flexibility index (Phi) is 5.37. The quantitative estimate of drug-likeness (QED) is 0.587. The van der Waals surface area contributed by atoms with E-state index in [9.17, 15) is 18.8 Å². The van der Waals surface area contributed by atoms with Crippen LogP contribution in [0.15, 0.2) is 42.0 Å². The number of nitrogens with zero attached hydrogens (tertiary/aromatic N) is 8. The molecule has 5 heterocycles. The summed E-state index contributed by atoms with van der Waals surface area (Å²) in [5.74, 6) is -1.17. The molecule has 1 saturated heterocycles. The van der Waals surface area contributed by atoms with Gasteiger partial charge < -0.3 is 9.64 Å². The molecule has 34 heavy (non-hydrogen) atoms. The highest BCUT2D eigenvalue weighted by Gasteiger charge is 2.39. The first-order chi connectivity index (χ1) is 16.4. The zero-order valence-corrected chi connectivity index (χ0v) is 18.0. The number of hydrazone groups is 1. The van der Waals surface area contributed by atoms with Gasteiger partial charge in [-0.25, -0.2) is 18.6 Å². The van der Waals surface area contributed by atoms with Gasteiger partial charge in [0.25, 0.3) is 0 Å². The highest BCUT2D eigenvalue weighted by atomic mass is 19.1. The van der Waals surface area contributed by atoms with Crippen LogP contribution in [0.3, 0.4) is 0 Å². The fourth-order valence-electron chi connectivity index (χ4n) is 3.94. The number of aromatic nitrogens is 4. The van der Waals surface area contributed by atoms with Crippen molar-refractivity contribution in [3.05, 3.63) is 59.7 Å². The molecule has 0 aromatic carbocycles. The molecule has 1 atom stereocenters. The number of rotatable bonds is 4. The number of halogens is 2. The summed E-state index contributed by atoms with van der Waals surface area (Å²) >= 11 is 0. The molecule has 0 spiro atoms. The van der Waals surface area contributed by atoms with Gasteiger partial charge in [0.15, 0.2) is 11.6 Å². The summed E-state index contributed by atoms with van der Waals surface area (Å²) in [5, 5.41) is 18.7. The fraction of sp³-hybridized carbons (Fsp3) is 0.273. The molecule has 0 unspecified atom stereocenters. The molecule has 5 rings (SSSR count). The molecule has 3 aromatic rings. The van der Waals surface area contributed by atoms with E-state index >= 15 is 0 Å². The maximum atomic E-state index is 14.4. The lowest BCUT2D eigenvalue weighted by atomic mass is 10.1. The summed E-state index contributed by atoms with van der Waals surface area (Å²) in [7, 11) is 1.66. The molecule has 2 aliphatic heterocycles. The molecule has 172 valence electrons. The van der Waals surface area contributed by atoms with Crippen molar-refractivity contribution in [2.75, 3.05) is 13.1 Å². The van der Waals surface area contributed by atoms with Crippen LogP contribution in [0.4, 0.5) is 13.6 Å². The van der Waals surface area contributed by atoms with Crippen LogP contribution in [0.25, 0.3) is 11.4 Å². The monoisotopic (exact) mass is 464 g/mol. The van der Waals surface area contributed by atoms with Crippen LogP contribution < -0.4 is 4.74 Å². The smallest absolute Gasteiger partial charge is 0.341 e. The van der Waals surface area contributed by atoms with E-state index in [-0.39, 0.29) is 24.9 Å². The standard InChI is InChI=1S/C22H18F2N8O2/c1-30-21(14(6-25)8-29-30)18-5-20(17(24)10-27-18)34-16-11-31(12-16)22(33)32-19(2-3-28-32)13-4-15(23)9-26-7-13/h3-5,7-10,16,19H,2,11-12H2,1H3/t19-/m0/s1. The van der Waals surface area contributed by atoms with Gasteiger partial charge in [0.05, 0.1) is 49.0 Å². The Bertz CT molecular complexity index is 1330. The van der Waals surface area contributed by atoms with Crippen molar-refractivity contribution in [1.29, 1.82) is 5.26 Å². The third kappa shape index (κ3) is 3.81. The van der Waals surface area contributed by atoms with E-state index in [0.717, 1.165) is 12.4 Å². The minimum absolute atomic E-state index is 0.0323. The predicted octanol–water partition coefficient (Wildman–Crippen LogP) is 2.64. The fourth-order valence-corrected chi connectivity index (χ4v) is 3.94. The van der Waals surface area contributed by atoms with Crippen LogP contribution in [0, 0.1) is 23.0 Å². The number of ether oxygens (including phenoxy) is 1. The summed E-state index contributed by atoms with van der Waals surface area (Å²) in [5.41, 5.74) is 1.65. The number of pyridine rings is 2. The molecule has 1 fully saturated rings. The Morgan fingerprint density at radius 2 is 2.03 bits per heavy atom. The number of hydrogen-bond donors (Lipinski definition) is 0. The SMILES string of the molecule is Cn1ncc(C#N)c1-c1cc(OC2CN(C(=O)N3N=CC[C@H]3c3cncc(F)c3)C2)c(F)cn1. The van der Waals surface area contributed by atoms with Gasteiger partial charge in [0.1, 0.15) is 23.7 Å². The number of aryl methyl sites for hydroxylation is 1. The molecule has 0 radical (unpaired) electrons. The van der Waals surface area contributed by atoms with Gasteiger partial charge in [-0.15, -0.1) is 0 Å². The van der Waals surface area contributed by atoms with E-state index in [1.54, 1.807) is 13.3 Å². The van der Waals surface area contributed by atoms with Gasteiger partial charge in [0.2, 0.25) is 0 Å². The first-order valence-corrected chi connectivity index (χ1v) is 10.4. The Labute approximate surface area is 192 Å². The van der Waals surface area contributed by atoms with Crippen molar-refractivity contribution < 1.29 is 18.3 Å². The first-order valence-electron chi connectivity index (χ1n) is 10.4. The lowest BCUT2D eigenvalue weighted by molar-refractivity contribution is 0.0256. The molecular formula is C22H18F2N8O2. The Morgan fingerprint density at radius 3 is 2.79 bits per heavy atom. The van der Waals surface area contributed by atoms with E-state index in [0.29, 0.717) is 28.9 Å². The number of carbonyl (C=O) groups is 1. The number of carbonyl (C=O) groups excluding carboxylic acids is 1. The molecule has 0 N–H and O–H groups in total. The zero-order valence-electron chi connectivity index (χ0n) is 18.0. The summed E-state index contributed by atoms with van der Waals surface area (Å²) in [6.45, 7) is 0.455. The van der Waals surface area contributed by atoms with Gasteiger partial charge in [-0.3, -0.25) is 14.6 Å². The second kappa shape index (κ2) is 8.51. The van der Waals surface area contributed by atoms with Crippen LogP contribution in [0.5, 0.6) is 5.75 Å². The van der Waals surface area contributed by atoms with Crippen molar-refractivity contribution in [2.24, 2.45) is 12.1 Å². The Hall–Kier alpha value is -4.40. The topological polar surface area (TPSA) is 113 Å². The van der Waals surface area contributed by atoms with E-state index in [2.05, 4.69) is 20.2 Å². The number of amides is 2. The molecule has 0 bridgehead atoms. The zero-order chi connectivity index (χ0) is 23.8. The minimum atomic E-state index is -0.656. The van der Waals surface area contributed by atoms with Gasteiger partial charge in [0, 0.05) is 31.9 Å². The van der Waals surface area contributed by atoms with Crippen LogP contribution in [0.2, 0.25) is 0 Å². The van der Waals surface area contributed by atoms with Crippen molar-refractivity contribution in [2.45, 2.75) is 18.6 Å². The minimum Gasteiger partial charge on any atom is -0.483 e. The van der Waals surface area contributed by atoms with Crippen LogP contribution >= 0.6 is 0 Å². The largest absolute Gasteiger partial charge is 0.483 e. The van der Waals surface area contributed by atoms with E-state index in [1.807, 2.05) is 6.07 Å². The Morgan fingerprint density at radius 1 is 1.21 bits per heavy atom. The van der Waals surface area contributed by atoms with Crippen molar-refractivity contribution in [3.63, 3.8) is 0 Å². The maximum absolute atomic E-state index is 14.4. The predicted molar refractivity (Wildman–Crippen MR) is 114 cm³/mol. The van der Waals surface area contributed by atoms with Crippen LogP contribution in [-0.2, 0) is 7.05 Å². The van der Waals surface area contributed by atoms with Crippen molar-refractivity contribution in [1.82, 2.24) is 29.7 Å². The lowest BCUT2D eigenvalue weighted by Crippen LogP contribution is -2.58. The summed E-state index contributed by atoms with van der Waals surface area (Å²) in [4.78, 5) is 22.3. The van der Waals surface area contributed by atoms with Gasteiger partial charge in [-0.1, -0.05) is 0 Å². The molecule has 12 heteroatoms. The summed E-state index contributed by atoms with van der Waals surface area (Å²) in [6, 6.07) is 3.98. The molecule has 2 aliphatic rings.